The number of carbonyl (C=O) groups excluding carboxylic acids is 1. The van der Waals surface area contributed by atoms with Crippen molar-refractivity contribution >= 4 is 15.9 Å². The van der Waals surface area contributed by atoms with Crippen molar-refractivity contribution in [3.63, 3.8) is 0 Å². The van der Waals surface area contributed by atoms with Gasteiger partial charge in [0, 0.05) is 6.54 Å². The normalized spacial score (nSPS) is 15.2. The molecule has 1 aromatic rings. The third-order valence-electron chi connectivity index (χ3n) is 3.63. The molecule has 120 valence electrons. The van der Waals surface area contributed by atoms with E-state index in [1.165, 1.54) is 30.5 Å². The van der Waals surface area contributed by atoms with Gasteiger partial charge in [0.1, 0.15) is 0 Å². The Hall–Kier alpha value is -1.66. The van der Waals surface area contributed by atoms with Gasteiger partial charge in [-0.3, -0.25) is 4.79 Å². The molecule has 0 fully saturated rings. The van der Waals surface area contributed by atoms with Gasteiger partial charge < -0.3 is 5.32 Å². The van der Waals surface area contributed by atoms with Crippen LogP contribution in [0.3, 0.4) is 0 Å². The Kier molecular flexibility index (Phi) is 6.15. The van der Waals surface area contributed by atoms with E-state index in [9.17, 15) is 13.2 Å². The number of rotatable bonds is 7. The lowest BCUT2D eigenvalue weighted by Crippen LogP contribution is -2.37. The number of hydrogen-bond acceptors (Lipinski definition) is 3. The fourth-order valence-electron chi connectivity index (χ4n) is 2.40. The van der Waals surface area contributed by atoms with Gasteiger partial charge in [-0.25, -0.2) is 13.1 Å². The predicted molar refractivity (Wildman–Crippen MR) is 85.8 cm³/mol. The van der Waals surface area contributed by atoms with Crippen LogP contribution < -0.4 is 10.0 Å². The Bertz CT molecular complexity index is 624. The van der Waals surface area contributed by atoms with Crippen molar-refractivity contribution in [1.82, 2.24) is 10.0 Å². The molecule has 6 heteroatoms. The molecular formula is C16H22N2O3S. The maximum Gasteiger partial charge on any atom is 0.241 e. The number of nitrogens with one attached hydrogen (secondary N) is 2. The molecule has 1 aliphatic rings. The average Bonchev–Trinajstić information content (AvgIpc) is 2.55. The topological polar surface area (TPSA) is 75.3 Å². The SMILES string of the molecule is O=C(CNS(=O)(=O)c1ccccc1)NCCC1=CCCCC1. The first kappa shape index (κ1) is 16.7. The van der Waals surface area contributed by atoms with Crippen molar-refractivity contribution in [1.29, 1.82) is 0 Å². The van der Waals surface area contributed by atoms with E-state index >= 15 is 0 Å². The van der Waals surface area contributed by atoms with Gasteiger partial charge in [0.2, 0.25) is 15.9 Å². The summed E-state index contributed by atoms with van der Waals surface area (Å²) in [6, 6.07) is 8.02. The zero-order chi connectivity index (χ0) is 15.8. The fourth-order valence-corrected chi connectivity index (χ4v) is 3.40. The summed E-state index contributed by atoms with van der Waals surface area (Å²) in [5.74, 6) is -0.309. The molecule has 0 bridgehead atoms. The van der Waals surface area contributed by atoms with Crippen molar-refractivity contribution in [2.75, 3.05) is 13.1 Å². The molecule has 1 amide bonds. The van der Waals surface area contributed by atoms with Gasteiger partial charge in [-0.2, -0.15) is 0 Å². The summed E-state index contributed by atoms with van der Waals surface area (Å²) >= 11 is 0. The molecule has 0 aliphatic heterocycles. The van der Waals surface area contributed by atoms with Crippen LogP contribution in [0.15, 0.2) is 46.9 Å². The van der Waals surface area contributed by atoms with E-state index in [1.807, 2.05) is 0 Å². The second-order valence-corrected chi connectivity index (χ2v) is 7.11. The molecule has 0 saturated carbocycles. The van der Waals surface area contributed by atoms with E-state index in [-0.39, 0.29) is 17.3 Å². The van der Waals surface area contributed by atoms with E-state index in [4.69, 9.17) is 0 Å². The van der Waals surface area contributed by atoms with Gasteiger partial charge in [-0.1, -0.05) is 29.8 Å². The first-order chi connectivity index (χ1) is 10.6. The number of carbonyl (C=O) groups is 1. The van der Waals surface area contributed by atoms with Crippen molar-refractivity contribution in [3.8, 4) is 0 Å². The highest BCUT2D eigenvalue weighted by atomic mass is 32.2. The van der Waals surface area contributed by atoms with Crippen LogP contribution in [0.1, 0.15) is 32.1 Å². The lowest BCUT2D eigenvalue weighted by molar-refractivity contribution is -0.119. The van der Waals surface area contributed by atoms with E-state index in [2.05, 4.69) is 16.1 Å². The lowest BCUT2D eigenvalue weighted by Gasteiger charge is -2.13. The Morgan fingerprint density at radius 2 is 1.91 bits per heavy atom. The van der Waals surface area contributed by atoms with Crippen molar-refractivity contribution in [3.05, 3.63) is 42.0 Å². The number of allylic oxidation sites excluding steroid dienone is 1. The molecule has 0 radical (unpaired) electrons. The molecule has 2 rings (SSSR count). The van der Waals surface area contributed by atoms with Gasteiger partial charge >= 0.3 is 0 Å². The van der Waals surface area contributed by atoms with Crippen LogP contribution in [-0.2, 0) is 14.8 Å². The van der Waals surface area contributed by atoms with Crippen molar-refractivity contribution in [2.24, 2.45) is 0 Å². The van der Waals surface area contributed by atoms with E-state index < -0.39 is 10.0 Å². The second kappa shape index (κ2) is 8.10. The molecular weight excluding hydrogens is 300 g/mol. The highest BCUT2D eigenvalue weighted by molar-refractivity contribution is 7.89. The van der Waals surface area contributed by atoms with Crippen LogP contribution in [-0.4, -0.2) is 27.4 Å². The summed E-state index contributed by atoms with van der Waals surface area (Å²) in [5.41, 5.74) is 1.39. The largest absolute Gasteiger partial charge is 0.355 e. The Morgan fingerprint density at radius 3 is 2.59 bits per heavy atom. The molecule has 0 saturated heterocycles. The Morgan fingerprint density at radius 1 is 1.14 bits per heavy atom. The maximum absolute atomic E-state index is 12.0. The summed E-state index contributed by atoms with van der Waals surface area (Å²) in [6.45, 7) is 0.313. The third-order valence-corrected chi connectivity index (χ3v) is 5.05. The maximum atomic E-state index is 12.0. The van der Waals surface area contributed by atoms with Crippen LogP contribution in [0.4, 0.5) is 0 Å². The summed E-state index contributed by atoms with van der Waals surface area (Å²) in [5, 5.41) is 2.75. The third kappa shape index (κ3) is 5.27. The molecule has 0 atom stereocenters. The first-order valence-corrected chi connectivity index (χ1v) is 9.05. The van der Waals surface area contributed by atoms with Gasteiger partial charge in [0.15, 0.2) is 0 Å². The molecule has 1 aliphatic carbocycles. The fraction of sp³-hybridized carbons (Fsp3) is 0.438. The van der Waals surface area contributed by atoms with E-state index in [1.54, 1.807) is 18.2 Å². The lowest BCUT2D eigenvalue weighted by atomic mass is 9.97. The van der Waals surface area contributed by atoms with Gasteiger partial charge in [-0.05, 0) is 44.2 Å². The summed E-state index contributed by atoms with van der Waals surface area (Å²) in [4.78, 5) is 11.9. The summed E-state index contributed by atoms with van der Waals surface area (Å²) in [7, 11) is -3.62. The monoisotopic (exact) mass is 322 g/mol. The predicted octanol–water partition coefficient (Wildman–Crippen LogP) is 1.97. The van der Waals surface area contributed by atoms with Gasteiger partial charge in [0.25, 0.3) is 0 Å². The van der Waals surface area contributed by atoms with Crippen LogP contribution in [0, 0.1) is 0 Å². The molecule has 0 spiro atoms. The number of hydrogen-bond donors (Lipinski definition) is 2. The first-order valence-electron chi connectivity index (χ1n) is 7.57. The molecule has 22 heavy (non-hydrogen) atoms. The molecule has 2 N–H and O–H groups in total. The molecule has 0 heterocycles. The summed E-state index contributed by atoms with van der Waals surface area (Å²) in [6.07, 6.45) is 7.79. The van der Waals surface area contributed by atoms with Crippen LogP contribution >= 0.6 is 0 Å². The second-order valence-electron chi connectivity index (χ2n) is 5.35. The van der Waals surface area contributed by atoms with Crippen LogP contribution in [0.2, 0.25) is 0 Å². The molecule has 0 aromatic heterocycles. The molecule has 1 aromatic carbocycles. The zero-order valence-corrected chi connectivity index (χ0v) is 13.4. The number of amides is 1. The summed E-state index contributed by atoms with van der Waals surface area (Å²) < 4.78 is 26.2. The highest BCUT2D eigenvalue weighted by Gasteiger charge is 2.14. The Labute approximate surface area is 131 Å². The zero-order valence-electron chi connectivity index (χ0n) is 12.5. The van der Waals surface area contributed by atoms with Crippen LogP contribution in [0.5, 0.6) is 0 Å². The van der Waals surface area contributed by atoms with Gasteiger partial charge in [-0.15, -0.1) is 0 Å². The minimum atomic E-state index is -3.62. The Balaban J connectivity index is 1.72. The van der Waals surface area contributed by atoms with Crippen molar-refractivity contribution in [2.45, 2.75) is 37.0 Å². The quantitative estimate of drug-likeness (QED) is 0.754. The van der Waals surface area contributed by atoms with E-state index in [0.717, 1.165) is 19.3 Å². The standard InChI is InChI=1S/C16H22N2O3S/c19-16(17-12-11-14-7-3-1-4-8-14)13-18-22(20,21)15-9-5-2-6-10-15/h2,5-7,9-10,18H,1,3-4,8,11-13H2,(H,17,19). The van der Waals surface area contributed by atoms with E-state index in [0.29, 0.717) is 6.54 Å². The molecule has 0 unspecified atom stereocenters. The van der Waals surface area contributed by atoms with Crippen molar-refractivity contribution < 1.29 is 13.2 Å². The smallest absolute Gasteiger partial charge is 0.241 e. The number of sulfonamides is 1. The molecule has 5 nitrogen and oxygen atoms in total. The minimum absolute atomic E-state index is 0.162. The van der Waals surface area contributed by atoms with Gasteiger partial charge in [0.05, 0.1) is 11.4 Å². The average molecular weight is 322 g/mol. The minimum Gasteiger partial charge on any atom is -0.355 e. The number of benzene rings is 1. The van der Waals surface area contributed by atoms with Crippen LogP contribution in [0.25, 0.3) is 0 Å². The highest BCUT2D eigenvalue weighted by Crippen LogP contribution is 2.19.